The lowest BCUT2D eigenvalue weighted by Gasteiger charge is -2.11. The van der Waals surface area contributed by atoms with Crippen LogP contribution in [0.5, 0.6) is 0 Å². The van der Waals surface area contributed by atoms with Crippen LogP contribution in [0.25, 0.3) is 11.3 Å². The zero-order chi connectivity index (χ0) is 27.4. The zero-order valence-corrected chi connectivity index (χ0v) is 20.0. The highest BCUT2D eigenvalue weighted by Crippen LogP contribution is 2.36. The van der Waals surface area contributed by atoms with Crippen LogP contribution < -0.4 is 16.4 Å². The van der Waals surface area contributed by atoms with Gasteiger partial charge in [0, 0.05) is 23.4 Å². The van der Waals surface area contributed by atoms with Crippen molar-refractivity contribution in [1.29, 1.82) is 0 Å². The van der Waals surface area contributed by atoms with Crippen molar-refractivity contribution in [2.75, 3.05) is 10.6 Å². The molecule has 38 heavy (non-hydrogen) atoms. The molecule has 0 radical (unpaired) electrons. The normalized spacial score (nSPS) is 12.8. The van der Waals surface area contributed by atoms with Crippen molar-refractivity contribution < 1.29 is 27.2 Å². The summed E-state index contributed by atoms with van der Waals surface area (Å²) < 4.78 is 55.3. The Morgan fingerprint density at radius 2 is 1.92 bits per heavy atom. The number of rotatable bonds is 4. The highest BCUT2D eigenvalue weighted by Gasteiger charge is 2.36. The summed E-state index contributed by atoms with van der Waals surface area (Å²) >= 11 is 0. The van der Waals surface area contributed by atoms with Crippen LogP contribution in [-0.2, 0) is 19.1 Å². The summed E-state index contributed by atoms with van der Waals surface area (Å²) in [6, 6.07) is 8.34. The molecule has 0 unspecified atom stereocenters. The van der Waals surface area contributed by atoms with Crippen LogP contribution in [0, 0.1) is 19.7 Å². The van der Waals surface area contributed by atoms with E-state index in [0.29, 0.717) is 18.8 Å². The van der Waals surface area contributed by atoms with Gasteiger partial charge in [-0.2, -0.15) is 23.3 Å². The van der Waals surface area contributed by atoms with Gasteiger partial charge in [0.15, 0.2) is 0 Å². The number of aromatic nitrogens is 5. The first-order chi connectivity index (χ1) is 17.9. The van der Waals surface area contributed by atoms with Crippen LogP contribution >= 0.6 is 0 Å². The predicted molar refractivity (Wildman–Crippen MR) is 128 cm³/mol. The number of amides is 2. The van der Waals surface area contributed by atoms with Crippen LogP contribution in [0.2, 0.25) is 0 Å². The minimum absolute atomic E-state index is 0.00632. The highest BCUT2D eigenvalue weighted by molar-refractivity contribution is 6.06. The zero-order valence-electron chi connectivity index (χ0n) is 20.0. The van der Waals surface area contributed by atoms with Crippen molar-refractivity contribution in [3.8, 4) is 11.3 Å². The van der Waals surface area contributed by atoms with Gasteiger partial charge in [0.2, 0.25) is 5.95 Å². The lowest BCUT2D eigenvalue weighted by molar-refractivity contribution is -0.144. The molecule has 0 fully saturated rings. The average molecular weight is 528 g/mol. The molecule has 14 heteroatoms. The first-order valence-corrected chi connectivity index (χ1v) is 11.3. The number of nitrogens with zero attached hydrogens (tertiary/aromatic N) is 4. The number of alkyl halides is 3. The summed E-state index contributed by atoms with van der Waals surface area (Å²) in [5, 5.41) is 14.8. The second-order valence-electron chi connectivity index (χ2n) is 8.75. The van der Waals surface area contributed by atoms with Gasteiger partial charge >= 0.3 is 6.18 Å². The van der Waals surface area contributed by atoms with Crippen molar-refractivity contribution in [1.82, 2.24) is 25.0 Å². The molecule has 0 spiro atoms. The van der Waals surface area contributed by atoms with E-state index in [4.69, 9.17) is 5.73 Å². The number of fused-ring (bicyclic) bond motifs is 2. The average Bonchev–Trinajstić information content (AvgIpc) is 3.41. The number of halogens is 4. The monoisotopic (exact) mass is 528 g/mol. The summed E-state index contributed by atoms with van der Waals surface area (Å²) in [4.78, 5) is 28.3. The molecule has 3 heterocycles. The second kappa shape index (κ2) is 8.97. The molecule has 1 aliphatic heterocycles. The molecule has 0 bridgehead atoms. The van der Waals surface area contributed by atoms with E-state index in [1.165, 1.54) is 19.1 Å². The molecular formula is C24H20F4N8O2. The summed E-state index contributed by atoms with van der Waals surface area (Å²) in [5.74, 6) is -4.29. The summed E-state index contributed by atoms with van der Waals surface area (Å²) in [6.07, 6.45) is -4.20. The van der Waals surface area contributed by atoms with Crippen molar-refractivity contribution >= 4 is 29.3 Å². The Bertz CT molecular complexity index is 1610. The molecule has 4 aromatic rings. The Hall–Kier alpha value is -4.75. The van der Waals surface area contributed by atoms with Gasteiger partial charge in [-0.15, -0.1) is 5.10 Å². The fraction of sp³-hybridized carbons (Fsp3) is 0.208. The Kier molecular flexibility index (Phi) is 5.88. The summed E-state index contributed by atoms with van der Waals surface area (Å²) in [7, 11) is 0. The molecule has 2 amide bonds. The van der Waals surface area contributed by atoms with Gasteiger partial charge in [-0.1, -0.05) is 17.7 Å². The third-order valence-corrected chi connectivity index (χ3v) is 6.16. The highest BCUT2D eigenvalue weighted by atomic mass is 19.4. The van der Waals surface area contributed by atoms with E-state index in [2.05, 4.69) is 25.8 Å². The Morgan fingerprint density at radius 1 is 1.16 bits per heavy atom. The molecule has 5 rings (SSSR count). The second-order valence-corrected chi connectivity index (χ2v) is 8.75. The molecule has 0 saturated heterocycles. The number of H-pyrrole nitrogens is 1. The molecular weight excluding hydrogens is 508 g/mol. The van der Waals surface area contributed by atoms with E-state index < -0.39 is 35.6 Å². The largest absolute Gasteiger partial charge is 0.453 e. The number of primary amides is 1. The minimum atomic E-state index is -4.81. The number of nitrogens with two attached hydrogens (primary N) is 1. The maximum atomic E-state index is 15.6. The number of hydrogen-bond acceptors (Lipinski definition) is 6. The lowest BCUT2D eigenvalue weighted by Crippen LogP contribution is -2.16. The first-order valence-electron chi connectivity index (χ1n) is 11.3. The maximum absolute atomic E-state index is 15.6. The minimum Gasteiger partial charge on any atom is -0.365 e. The van der Waals surface area contributed by atoms with E-state index in [-0.39, 0.29) is 27.9 Å². The van der Waals surface area contributed by atoms with Crippen LogP contribution in [0.1, 0.15) is 43.2 Å². The van der Waals surface area contributed by atoms with Gasteiger partial charge in [-0.3, -0.25) is 14.9 Å². The summed E-state index contributed by atoms with van der Waals surface area (Å²) in [5.41, 5.74) is 8.17. The van der Waals surface area contributed by atoms with Gasteiger partial charge in [0.1, 0.15) is 22.9 Å². The van der Waals surface area contributed by atoms with Gasteiger partial charge in [0.25, 0.3) is 17.6 Å². The Morgan fingerprint density at radius 3 is 2.61 bits per heavy atom. The van der Waals surface area contributed by atoms with Crippen molar-refractivity contribution in [3.63, 3.8) is 0 Å². The summed E-state index contributed by atoms with van der Waals surface area (Å²) in [6.45, 7) is 3.69. The van der Waals surface area contributed by atoms with Crippen molar-refractivity contribution in [2.45, 2.75) is 33.0 Å². The molecule has 2 aromatic heterocycles. The number of carbonyl (C=O) groups is 2. The first kappa shape index (κ1) is 24.9. The standard InChI is InChI=1S/C24H20F4N8O2/c1-10-3-6-15-12(9-10)7-8-36-20(30-15)16(19(29)37)18(35-36)14-5-4-13(11(2)17(14)25)21(38)31-23-32-22(33-34-23)24(26,27)28/h3-6,9,30H,7-8H2,1-2H3,(H2,29,37)(H2,31,32,33,34,38). The van der Waals surface area contributed by atoms with E-state index in [1.54, 1.807) is 4.68 Å². The van der Waals surface area contributed by atoms with E-state index >= 15 is 4.39 Å². The third-order valence-electron chi connectivity index (χ3n) is 6.16. The van der Waals surface area contributed by atoms with Crippen LogP contribution in [0.15, 0.2) is 30.3 Å². The molecule has 0 saturated carbocycles. The molecule has 196 valence electrons. The number of nitrogens with one attached hydrogen (secondary N) is 3. The van der Waals surface area contributed by atoms with Gasteiger partial charge < -0.3 is 11.1 Å². The van der Waals surface area contributed by atoms with Crippen LogP contribution in [-0.4, -0.2) is 36.8 Å². The number of carbonyl (C=O) groups excluding carboxylic acids is 2. The number of aryl methyl sites for hydroxylation is 3. The van der Waals surface area contributed by atoms with Crippen LogP contribution in [0.3, 0.4) is 0 Å². The fourth-order valence-electron chi connectivity index (χ4n) is 4.31. The van der Waals surface area contributed by atoms with Gasteiger partial charge in [0.05, 0.1) is 0 Å². The molecule has 0 aliphatic carbocycles. The van der Waals surface area contributed by atoms with Crippen molar-refractivity contribution in [2.24, 2.45) is 5.73 Å². The Labute approximate surface area is 212 Å². The van der Waals surface area contributed by atoms with Crippen molar-refractivity contribution in [3.05, 3.63) is 69.8 Å². The van der Waals surface area contributed by atoms with Gasteiger partial charge in [-0.25, -0.2) is 14.2 Å². The molecule has 1 aliphatic rings. The van der Waals surface area contributed by atoms with Crippen LogP contribution in [0.4, 0.5) is 35.0 Å². The topological polar surface area (TPSA) is 144 Å². The maximum Gasteiger partial charge on any atom is 0.453 e. The third kappa shape index (κ3) is 4.33. The molecule has 10 nitrogen and oxygen atoms in total. The predicted octanol–water partition coefficient (Wildman–Crippen LogP) is 4.09. The lowest BCUT2D eigenvalue weighted by atomic mass is 9.99. The fourth-order valence-corrected chi connectivity index (χ4v) is 4.31. The number of anilines is 3. The number of hydrogen-bond donors (Lipinski definition) is 4. The van der Waals surface area contributed by atoms with E-state index in [9.17, 15) is 22.8 Å². The molecule has 2 aromatic carbocycles. The molecule has 0 atom stereocenters. The van der Waals surface area contributed by atoms with Gasteiger partial charge in [-0.05, 0) is 49.6 Å². The Balaban J connectivity index is 1.50. The van der Waals surface area contributed by atoms with E-state index in [0.717, 1.165) is 16.8 Å². The number of aromatic amines is 1. The number of benzene rings is 2. The molecule has 5 N–H and O–H groups in total. The SMILES string of the molecule is Cc1ccc2c(c1)CCn1nc(-c3ccc(C(=O)Nc4nc(C(F)(F)F)n[nH]4)c(C)c3F)c(C(N)=O)c1N2. The smallest absolute Gasteiger partial charge is 0.365 e. The quantitative estimate of drug-likeness (QED) is 0.294. The van der Waals surface area contributed by atoms with E-state index in [1.807, 2.05) is 30.2 Å².